The summed E-state index contributed by atoms with van der Waals surface area (Å²) in [5.74, 6) is -0.0615. The van der Waals surface area contributed by atoms with Gasteiger partial charge >= 0.3 is 5.97 Å². The van der Waals surface area contributed by atoms with Crippen molar-refractivity contribution in [1.82, 2.24) is 0 Å². The lowest BCUT2D eigenvalue weighted by Crippen LogP contribution is -2.01. The molecule has 4 nitrogen and oxygen atoms in total. The summed E-state index contributed by atoms with van der Waals surface area (Å²) < 4.78 is 5.95. The van der Waals surface area contributed by atoms with Gasteiger partial charge in [-0.05, 0) is 34.4 Å². The number of hydrogen-bond donors (Lipinski definition) is 1. The highest BCUT2D eigenvalue weighted by atomic mass is 16.5. The average Bonchev–Trinajstić information content (AvgIpc) is 2.72. The SMILES string of the molecule is CN=CC/C=C1/c2ccccc2COc2ccc(CC(=O)O)cc21. The highest BCUT2D eigenvalue weighted by Crippen LogP contribution is 2.37. The van der Waals surface area contributed by atoms with Gasteiger partial charge in [-0.25, -0.2) is 0 Å². The Bertz CT molecular complexity index is 821. The number of nitrogens with zero attached hydrogens (tertiary/aromatic N) is 1. The number of aliphatic carboxylic acids is 1. The molecule has 0 aliphatic carbocycles. The number of hydrogen-bond acceptors (Lipinski definition) is 3. The summed E-state index contributed by atoms with van der Waals surface area (Å²) in [6.45, 7) is 0.501. The van der Waals surface area contributed by atoms with Gasteiger partial charge in [-0.15, -0.1) is 0 Å². The van der Waals surface area contributed by atoms with Crippen LogP contribution in [0.1, 0.15) is 28.7 Å². The first-order valence-corrected chi connectivity index (χ1v) is 7.86. The molecule has 1 aliphatic rings. The normalized spacial score (nSPS) is 14.8. The van der Waals surface area contributed by atoms with Crippen LogP contribution in [0.3, 0.4) is 0 Å². The minimum absolute atomic E-state index is 0.00136. The van der Waals surface area contributed by atoms with Gasteiger partial charge in [0.05, 0.1) is 6.42 Å². The molecule has 0 unspecified atom stereocenters. The highest BCUT2D eigenvalue weighted by molar-refractivity contribution is 5.86. The Morgan fingerprint density at radius 1 is 1.25 bits per heavy atom. The van der Waals surface area contributed by atoms with Crippen molar-refractivity contribution >= 4 is 17.8 Å². The second-order valence-electron chi connectivity index (χ2n) is 5.64. The second-order valence-corrected chi connectivity index (χ2v) is 5.64. The number of fused-ring (bicyclic) bond motifs is 2. The molecule has 0 aromatic heterocycles. The second kappa shape index (κ2) is 7.13. The average molecular weight is 321 g/mol. The van der Waals surface area contributed by atoms with Crippen LogP contribution < -0.4 is 4.74 Å². The number of rotatable bonds is 4. The van der Waals surface area contributed by atoms with E-state index < -0.39 is 5.97 Å². The van der Waals surface area contributed by atoms with E-state index in [9.17, 15) is 4.79 Å². The Kier molecular flexibility index (Phi) is 4.75. The number of carboxylic acids is 1. The van der Waals surface area contributed by atoms with E-state index in [2.05, 4.69) is 23.2 Å². The van der Waals surface area contributed by atoms with Crippen LogP contribution in [0.25, 0.3) is 5.57 Å². The van der Waals surface area contributed by atoms with Crippen molar-refractivity contribution in [3.8, 4) is 5.75 Å². The fraction of sp³-hybridized carbons (Fsp3) is 0.200. The molecule has 24 heavy (non-hydrogen) atoms. The van der Waals surface area contributed by atoms with E-state index in [1.807, 2.05) is 36.5 Å². The first-order chi connectivity index (χ1) is 11.7. The van der Waals surface area contributed by atoms with Gasteiger partial charge < -0.3 is 14.8 Å². The molecule has 1 heterocycles. The molecule has 122 valence electrons. The van der Waals surface area contributed by atoms with Crippen molar-refractivity contribution in [2.24, 2.45) is 4.99 Å². The monoisotopic (exact) mass is 321 g/mol. The number of benzene rings is 2. The van der Waals surface area contributed by atoms with Gasteiger partial charge in [0.15, 0.2) is 0 Å². The fourth-order valence-electron chi connectivity index (χ4n) is 2.90. The quantitative estimate of drug-likeness (QED) is 0.873. The van der Waals surface area contributed by atoms with Crippen LogP contribution in [-0.2, 0) is 17.8 Å². The van der Waals surface area contributed by atoms with E-state index in [4.69, 9.17) is 9.84 Å². The first kappa shape index (κ1) is 16.0. The van der Waals surface area contributed by atoms with Crippen molar-refractivity contribution in [3.05, 3.63) is 70.8 Å². The van der Waals surface area contributed by atoms with Crippen molar-refractivity contribution < 1.29 is 14.6 Å². The van der Waals surface area contributed by atoms with Crippen molar-refractivity contribution in [2.75, 3.05) is 7.05 Å². The maximum Gasteiger partial charge on any atom is 0.307 e. The third-order valence-corrected chi connectivity index (χ3v) is 3.99. The Hall–Kier alpha value is -2.88. The smallest absolute Gasteiger partial charge is 0.307 e. The molecule has 0 radical (unpaired) electrons. The number of carbonyl (C=O) groups is 1. The van der Waals surface area contributed by atoms with E-state index in [0.717, 1.165) is 33.6 Å². The number of carboxylic acid groups (broad SMARTS) is 1. The standard InChI is InChI=1S/C20H19NO3/c1-21-10-4-7-17-16-6-3-2-5-15(16)13-24-19-9-8-14(11-18(17)19)12-20(22)23/h2-3,5-11H,4,12-13H2,1H3,(H,22,23)/b17-7-,21-10?. The van der Waals surface area contributed by atoms with Crippen LogP contribution in [0, 0.1) is 0 Å². The van der Waals surface area contributed by atoms with Crippen LogP contribution in [-0.4, -0.2) is 24.3 Å². The summed E-state index contributed by atoms with van der Waals surface area (Å²) >= 11 is 0. The van der Waals surface area contributed by atoms with Crippen LogP contribution in [0.5, 0.6) is 5.75 Å². The van der Waals surface area contributed by atoms with E-state index in [1.165, 1.54) is 0 Å². The number of aliphatic imine (C=N–C) groups is 1. The zero-order valence-electron chi connectivity index (χ0n) is 13.5. The maximum absolute atomic E-state index is 11.0. The summed E-state index contributed by atoms with van der Waals surface area (Å²) in [5, 5.41) is 9.06. The maximum atomic E-state index is 11.0. The molecule has 1 aliphatic heterocycles. The Balaban J connectivity index is 2.14. The molecule has 3 rings (SSSR count). The third-order valence-electron chi connectivity index (χ3n) is 3.99. The molecule has 4 heteroatoms. The van der Waals surface area contributed by atoms with Crippen LogP contribution in [0.15, 0.2) is 53.5 Å². The lowest BCUT2D eigenvalue weighted by atomic mass is 9.92. The molecular formula is C20H19NO3. The van der Waals surface area contributed by atoms with Gasteiger partial charge in [0.2, 0.25) is 0 Å². The van der Waals surface area contributed by atoms with Crippen LogP contribution >= 0.6 is 0 Å². The predicted molar refractivity (Wildman–Crippen MR) is 94.7 cm³/mol. The van der Waals surface area contributed by atoms with Crippen LogP contribution in [0.2, 0.25) is 0 Å². The Labute approximate surface area is 141 Å². The lowest BCUT2D eigenvalue weighted by molar-refractivity contribution is -0.136. The van der Waals surface area contributed by atoms with Gasteiger partial charge in [-0.3, -0.25) is 4.79 Å². The van der Waals surface area contributed by atoms with E-state index >= 15 is 0 Å². The lowest BCUT2D eigenvalue weighted by Gasteiger charge is -2.12. The van der Waals surface area contributed by atoms with E-state index in [1.54, 1.807) is 7.05 Å². The molecule has 0 amide bonds. The molecular weight excluding hydrogens is 302 g/mol. The summed E-state index contributed by atoms with van der Waals surface area (Å²) in [6, 6.07) is 13.7. The minimum Gasteiger partial charge on any atom is -0.488 e. The third kappa shape index (κ3) is 3.38. The van der Waals surface area contributed by atoms with Gasteiger partial charge in [-0.2, -0.15) is 0 Å². The topological polar surface area (TPSA) is 58.9 Å². The highest BCUT2D eigenvalue weighted by Gasteiger charge is 2.19. The van der Waals surface area contributed by atoms with E-state index in [-0.39, 0.29) is 6.42 Å². The Morgan fingerprint density at radius 3 is 2.88 bits per heavy atom. The van der Waals surface area contributed by atoms with Crippen molar-refractivity contribution in [2.45, 2.75) is 19.4 Å². The van der Waals surface area contributed by atoms with Gasteiger partial charge in [-0.1, -0.05) is 36.4 Å². The summed E-state index contributed by atoms with van der Waals surface area (Å²) in [6.07, 6.45) is 4.67. The zero-order chi connectivity index (χ0) is 16.9. The molecule has 0 atom stereocenters. The summed E-state index contributed by atoms with van der Waals surface area (Å²) in [7, 11) is 1.75. The van der Waals surface area contributed by atoms with Gasteiger partial charge in [0.25, 0.3) is 0 Å². The van der Waals surface area contributed by atoms with Crippen molar-refractivity contribution in [3.63, 3.8) is 0 Å². The van der Waals surface area contributed by atoms with E-state index in [0.29, 0.717) is 13.0 Å². The Morgan fingerprint density at radius 2 is 2.08 bits per heavy atom. The van der Waals surface area contributed by atoms with Gasteiger partial charge in [0.1, 0.15) is 12.4 Å². The largest absolute Gasteiger partial charge is 0.488 e. The zero-order valence-corrected chi connectivity index (χ0v) is 13.5. The molecule has 0 bridgehead atoms. The predicted octanol–water partition coefficient (Wildman–Crippen LogP) is 3.73. The van der Waals surface area contributed by atoms with Crippen molar-refractivity contribution in [1.29, 1.82) is 0 Å². The molecule has 0 saturated carbocycles. The summed E-state index contributed by atoms with van der Waals surface area (Å²) in [5.41, 5.74) is 4.99. The molecule has 1 N–H and O–H groups in total. The number of allylic oxidation sites excluding steroid dienone is 1. The van der Waals surface area contributed by atoms with Gasteiger partial charge in [0, 0.05) is 25.2 Å². The first-order valence-electron chi connectivity index (χ1n) is 7.86. The molecule has 0 spiro atoms. The molecule has 2 aromatic rings. The minimum atomic E-state index is -0.839. The number of ether oxygens (including phenoxy) is 1. The molecule has 2 aromatic carbocycles. The molecule has 0 fully saturated rings. The fourth-order valence-corrected chi connectivity index (χ4v) is 2.90. The summed E-state index contributed by atoms with van der Waals surface area (Å²) in [4.78, 5) is 15.1. The van der Waals surface area contributed by atoms with Crippen LogP contribution in [0.4, 0.5) is 0 Å². The molecule has 0 saturated heterocycles.